The van der Waals surface area contributed by atoms with E-state index in [-0.39, 0.29) is 17.9 Å². The topological polar surface area (TPSA) is 72.2 Å². The zero-order valence-corrected chi connectivity index (χ0v) is 17.8. The van der Waals surface area contributed by atoms with E-state index in [4.69, 9.17) is 10.1 Å². The van der Waals surface area contributed by atoms with Gasteiger partial charge in [0.25, 0.3) is 5.56 Å². The van der Waals surface area contributed by atoms with Crippen molar-refractivity contribution in [3.05, 3.63) is 50.4 Å². The summed E-state index contributed by atoms with van der Waals surface area (Å²) >= 11 is 1.55. The minimum Gasteiger partial charge on any atom is -0.481 e. The van der Waals surface area contributed by atoms with Gasteiger partial charge >= 0.3 is 5.97 Å². The van der Waals surface area contributed by atoms with Crippen LogP contribution in [0.2, 0.25) is 0 Å². The van der Waals surface area contributed by atoms with Gasteiger partial charge in [-0.3, -0.25) is 14.2 Å². The van der Waals surface area contributed by atoms with Crippen molar-refractivity contribution < 1.29 is 9.90 Å². The summed E-state index contributed by atoms with van der Waals surface area (Å²) < 4.78 is 1.67. The number of aromatic nitrogens is 2. The summed E-state index contributed by atoms with van der Waals surface area (Å²) in [5.74, 6) is -0.0550. The Hall–Kier alpha value is -2.47. The molecule has 1 N–H and O–H groups in total. The molecule has 0 fully saturated rings. The number of carbonyl (C=O) groups is 1. The van der Waals surface area contributed by atoms with Crippen molar-refractivity contribution in [2.75, 3.05) is 0 Å². The Morgan fingerprint density at radius 3 is 2.54 bits per heavy atom. The van der Waals surface area contributed by atoms with Gasteiger partial charge in [0.05, 0.1) is 5.39 Å². The van der Waals surface area contributed by atoms with E-state index in [2.05, 4.69) is 32.0 Å². The second-order valence-corrected chi connectivity index (χ2v) is 8.79. The number of benzene rings is 1. The van der Waals surface area contributed by atoms with Crippen LogP contribution in [-0.4, -0.2) is 20.6 Å². The fourth-order valence-corrected chi connectivity index (χ4v) is 4.54. The van der Waals surface area contributed by atoms with Gasteiger partial charge in [0.2, 0.25) is 0 Å². The van der Waals surface area contributed by atoms with Crippen molar-refractivity contribution in [1.82, 2.24) is 9.55 Å². The first-order valence-electron chi connectivity index (χ1n) is 9.54. The molecule has 0 amide bonds. The molecular weight excluding hydrogens is 372 g/mol. The van der Waals surface area contributed by atoms with Crippen LogP contribution < -0.4 is 5.56 Å². The molecule has 0 radical (unpaired) electrons. The molecule has 0 saturated carbocycles. The molecule has 2 heterocycles. The Labute approximate surface area is 168 Å². The van der Waals surface area contributed by atoms with Crippen LogP contribution in [0, 0.1) is 20.8 Å². The third-order valence-electron chi connectivity index (χ3n) is 5.10. The summed E-state index contributed by atoms with van der Waals surface area (Å²) in [6.45, 7) is 10.5. The van der Waals surface area contributed by atoms with E-state index in [9.17, 15) is 9.59 Å². The lowest BCUT2D eigenvalue weighted by atomic mass is 9.99. The molecule has 28 heavy (non-hydrogen) atoms. The second-order valence-electron chi connectivity index (χ2n) is 7.59. The molecule has 0 aliphatic rings. The molecule has 148 valence electrons. The second kappa shape index (κ2) is 7.87. The maximum Gasteiger partial charge on any atom is 0.303 e. The first-order chi connectivity index (χ1) is 13.2. The van der Waals surface area contributed by atoms with Crippen molar-refractivity contribution in [2.45, 2.75) is 59.9 Å². The average molecular weight is 399 g/mol. The Kier molecular flexibility index (Phi) is 5.70. The molecule has 0 aliphatic heterocycles. The van der Waals surface area contributed by atoms with Crippen molar-refractivity contribution in [2.24, 2.45) is 0 Å². The minimum atomic E-state index is -0.851. The first kappa shape index (κ1) is 20.3. The van der Waals surface area contributed by atoms with Gasteiger partial charge < -0.3 is 5.11 Å². The van der Waals surface area contributed by atoms with E-state index in [1.54, 1.807) is 15.9 Å². The summed E-state index contributed by atoms with van der Waals surface area (Å²) in [6.07, 6.45) is 0.443. The third-order valence-corrected chi connectivity index (χ3v) is 6.10. The average Bonchev–Trinajstić information content (AvgIpc) is 2.95. The van der Waals surface area contributed by atoms with Crippen LogP contribution in [0.15, 0.2) is 23.0 Å². The number of aliphatic carboxylic acids is 1. The van der Waals surface area contributed by atoms with Crippen molar-refractivity contribution >= 4 is 27.5 Å². The van der Waals surface area contributed by atoms with Crippen molar-refractivity contribution in [3.8, 4) is 11.1 Å². The van der Waals surface area contributed by atoms with Crippen LogP contribution in [-0.2, 0) is 11.3 Å². The predicted molar refractivity (Wildman–Crippen MR) is 114 cm³/mol. The Balaban J connectivity index is 2.24. The molecule has 0 atom stereocenters. The summed E-state index contributed by atoms with van der Waals surface area (Å²) in [5.41, 5.74) is 4.30. The number of nitrogens with zero attached hydrogens (tertiary/aromatic N) is 2. The monoisotopic (exact) mass is 398 g/mol. The van der Waals surface area contributed by atoms with Crippen molar-refractivity contribution in [3.63, 3.8) is 0 Å². The van der Waals surface area contributed by atoms with Gasteiger partial charge in [-0.2, -0.15) is 0 Å². The van der Waals surface area contributed by atoms with E-state index in [0.717, 1.165) is 26.7 Å². The molecule has 6 heteroatoms. The minimum absolute atomic E-state index is 0.0364. The standard InChI is InChI=1S/C22H26N2O3S/c1-12(2)20-23-21-19(22(27)24(20)10-6-7-17(25)26)18(15(5)28-21)16-9-8-13(3)14(4)11-16/h8-9,11-12H,6-7,10H2,1-5H3,(H,25,26). The number of hydrogen-bond donors (Lipinski definition) is 1. The number of carboxylic acid groups (broad SMARTS) is 1. The molecule has 0 saturated heterocycles. The fourth-order valence-electron chi connectivity index (χ4n) is 3.50. The first-order valence-corrected chi connectivity index (χ1v) is 10.4. The largest absolute Gasteiger partial charge is 0.481 e. The van der Waals surface area contributed by atoms with Gasteiger partial charge in [-0.1, -0.05) is 32.0 Å². The summed E-state index contributed by atoms with van der Waals surface area (Å²) in [6, 6.07) is 6.25. The van der Waals surface area contributed by atoms with E-state index >= 15 is 0 Å². The van der Waals surface area contributed by atoms with Gasteiger partial charge in [0.1, 0.15) is 10.7 Å². The number of fused-ring (bicyclic) bond motifs is 1. The normalized spacial score (nSPS) is 11.5. The lowest BCUT2D eigenvalue weighted by molar-refractivity contribution is -0.137. The number of hydrogen-bond acceptors (Lipinski definition) is 4. The summed E-state index contributed by atoms with van der Waals surface area (Å²) in [4.78, 5) is 31.0. The van der Waals surface area contributed by atoms with E-state index < -0.39 is 5.97 Å². The highest BCUT2D eigenvalue weighted by Gasteiger charge is 2.21. The predicted octanol–water partition coefficient (Wildman–Crippen LogP) is 5.04. The van der Waals surface area contributed by atoms with E-state index in [1.807, 2.05) is 20.8 Å². The van der Waals surface area contributed by atoms with Crippen LogP contribution in [0.3, 0.4) is 0 Å². The van der Waals surface area contributed by atoms with Crippen molar-refractivity contribution in [1.29, 1.82) is 0 Å². The number of carboxylic acids is 1. The highest BCUT2D eigenvalue weighted by Crippen LogP contribution is 2.37. The Bertz CT molecular complexity index is 1110. The summed E-state index contributed by atoms with van der Waals surface area (Å²) in [7, 11) is 0. The lowest BCUT2D eigenvalue weighted by Crippen LogP contribution is -2.26. The quantitative estimate of drug-likeness (QED) is 0.631. The third kappa shape index (κ3) is 3.74. The number of thiophene rings is 1. The molecular formula is C22H26N2O3S. The smallest absolute Gasteiger partial charge is 0.303 e. The van der Waals surface area contributed by atoms with Crippen LogP contribution >= 0.6 is 11.3 Å². The van der Waals surface area contributed by atoms with Gasteiger partial charge in [-0.25, -0.2) is 4.98 Å². The van der Waals surface area contributed by atoms with E-state index in [0.29, 0.717) is 18.4 Å². The molecule has 2 aromatic heterocycles. The molecule has 1 aromatic carbocycles. The van der Waals surface area contributed by atoms with Crippen LogP contribution in [0.4, 0.5) is 0 Å². The molecule has 3 aromatic rings. The van der Waals surface area contributed by atoms with Gasteiger partial charge in [0.15, 0.2) is 0 Å². The number of rotatable bonds is 6. The molecule has 0 bridgehead atoms. The highest BCUT2D eigenvalue weighted by molar-refractivity contribution is 7.19. The maximum atomic E-state index is 13.5. The molecule has 0 unspecified atom stereocenters. The lowest BCUT2D eigenvalue weighted by Gasteiger charge is -2.15. The zero-order chi connectivity index (χ0) is 20.6. The molecule has 5 nitrogen and oxygen atoms in total. The maximum absolute atomic E-state index is 13.5. The zero-order valence-electron chi connectivity index (χ0n) is 17.0. The SMILES string of the molecule is Cc1ccc(-c2c(C)sc3nc(C(C)C)n(CCCC(=O)O)c(=O)c23)cc1C. The Morgan fingerprint density at radius 1 is 1.21 bits per heavy atom. The molecule has 0 aliphatic carbocycles. The molecule has 0 spiro atoms. The number of aryl methyl sites for hydroxylation is 3. The summed E-state index contributed by atoms with van der Waals surface area (Å²) in [5, 5.41) is 9.60. The van der Waals surface area contributed by atoms with Gasteiger partial charge in [-0.15, -0.1) is 11.3 Å². The van der Waals surface area contributed by atoms with Crippen LogP contribution in [0.1, 0.15) is 54.4 Å². The Morgan fingerprint density at radius 2 is 1.93 bits per heavy atom. The fraction of sp³-hybridized carbons (Fsp3) is 0.409. The molecule has 3 rings (SSSR count). The van der Waals surface area contributed by atoms with Crippen LogP contribution in [0.25, 0.3) is 21.3 Å². The highest BCUT2D eigenvalue weighted by atomic mass is 32.1. The van der Waals surface area contributed by atoms with Gasteiger partial charge in [0, 0.05) is 29.3 Å². The van der Waals surface area contributed by atoms with E-state index in [1.165, 1.54) is 11.1 Å². The van der Waals surface area contributed by atoms with Gasteiger partial charge in [-0.05, 0) is 43.9 Å². The van der Waals surface area contributed by atoms with Crippen LogP contribution in [0.5, 0.6) is 0 Å².